The molecule has 1 aliphatic rings. The highest BCUT2D eigenvalue weighted by Crippen LogP contribution is 2.32. The molecule has 0 unspecified atom stereocenters. The van der Waals surface area contributed by atoms with Gasteiger partial charge in [-0.2, -0.15) is 0 Å². The van der Waals surface area contributed by atoms with E-state index in [0.29, 0.717) is 11.9 Å². The van der Waals surface area contributed by atoms with Gasteiger partial charge in [-0.15, -0.1) is 0 Å². The Kier molecular flexibility index (Phi) is 4.55. The van der Waals surface area contributed by atoms with Crippen LogP contribution < -0.4 is 5.32 Å². The van der Waals surface area contributed by atoms with E-state index >= 15 is 0 Å². The van der Waals surface area contributed by atoms with E-state index in [9.17, 15) is 4.79 Å². The molecule has 1 aliphatic carbocycles. The molecule has 0 aromatic carbocycles. The first kappa shape index (κ1) is 15.8. The lowest BCUT2D eigenvalue weighted by molar-refractivity contribution is 0.100. The minimum Gasteiger partial charge on any atom is -0.360 e. The zero-order chi connectivity index (χ0) is 16.4. The van der Waals surface area contributed by atoms with Crippen LogP contribution in [0.3, 0.4) is 0 Å². The number of Topliss-reactive ketones (excluding diaryl/α,β-unsaturated/α-hetero) is 1. The van der Waals surface area contributed by atoms with Crippen LogP contribution in [0.25, 0.3) is 0 Å². The van der Waals surface area contributed by atoms with E-state index in [1.54, 1.807) is 6.07 Å². The van der Waals surface area contributed by atoms with Gasteiger partial charge in [-0.1, -0.05) is 24.4 Å². The zero-order valence-corrected chi connectivity index (χ0v) is 14.2. The third-order valence-electron chi connectivity index (χ3n) is 4.78. The summed E-state index contributed by atoms with van der Waals surface area (Å²) in [6.07, 6.45) is 6.36. The number of aryl methyl sites for hydroxylation is 2. The molecule has 0 aliphatic heterocycles. The Balaban J connectivity index is 1.73. The van der Waals surface area contributed by atoms with Crippen LogP contribution in [-0.4, -0.2) is 22.1 Å². The molecule has 3 rings (SSSR count). The quantitative estimate of drug-likeness (QED) is 0.840. The summed E-state index contributed by atoms with van der Waals surface area (Å²) in [5.74, 6) is 1.44. The lowest BCUT2D eigenvalue weighted by Gasteiger charge is -2.26. The van der Waals surface area contributed by atoms with Crippen molar-refractivity contribution >= 4 is 11.6 Å². The van der Waals surface area contributed by atoms with Gasteiger partial charge in [0.2, 0.25) is 0 Å². The molecule has 0 bridgehead atoms. The van der Waals surface area contributed by atoms with Gasteiger partial charge in [0, 0.05) is 29.1 Å². The molecule has 0 radical (unpaired) electrons. The van der Waals surface area contributed by atoms with Crippen molar-refractivity contribution in [2.24, 2.45) is 0 Å². The monoisotopic (exact) mass is 315 g/mol. The van der Waals surface area contributed by atoms with Gasteiger partial charge >= 0.3 is 0 Å². The van der Waals surface area contributed by atoms with Gasteiger partial charge in [-0.3, -0.25) is 4.79 Å². The summed E-state index contributed by atoms with van der Waals surface area (Å²) in [6, 6.07) is 4.37. The minimum atomic E-state index is 0.0980. The van der Waals surface area contributed by atoms with E-state index in [0.717, 1.165) is 17.0 Å². The van der Waals surface area contributed by atoms with E-state index in [4.69, 9.17) is 4.52 Å². The highest BCUT2D eigenvalue weighted by atomic mass is 16.5. The third kappa shape index (κ3) is 3.33. The molecular formula is C18H25N3O2. The molecule has 23 heavy (non-hydrogen) atoms. The van der Waals surface area contributed by atoms with Crippen molar-refractivity contribution in [2.75, 3.05) is 11.9 Å². The molecule has 0 amide bonds. The summed E-state index contributed by atoms with van der Waals surface area (Å²) in [4.78, 5) is 12.6. The largest absolute Gasteiger partial charge is 0.360 e. The van der Waals surface area contributed by atoms with Crippen molar-refractivity contribution in [1.82, 2.24) is 9.72 Å². The van der Waals surface area contributed by atoms with Crippen molar-refractivity contribution < 1.29 is 9.32 Å². The smallest absolute Gasteiger partial charge is 0.183 e. The fourth-order valence-electron chi connectivity index (χ4n) is 3.68. The maximum atomic E-state index is 12.6. The Bertz CT molecular complexity index is 693. The molecule has 1 saturated carbocycles. The maximum absolute atomic E-state index is 12.6. The van der Waals surface area contributed by atoms with E-state index in [1.165, 1.54) is 37.8 Å². The van der Waals surface area contributed by atoms with Crippen LogP contribution in [0.15, 0.2) is 16.7 Å². The standard InChI is InChI=1S/C18H25N3O2/c1-12-9-16(14(3)21(12)15-7-5-4-6-8-15)17(22)11-19-18-10-13(2)23-20-18/h9-10,15H,4-8,11H2,1-3H3,(H,19,20). The summed E-state index contributed by atoms with van der Waals surface area (Å²) < 4.78 is 7.37. The third-order valence-corrected chi connectivity index (χ3v) is 4.78. The first-order valence-corrected chi connectivity index (χ1v) is 8.45. The summed E-state index contributed by atoms with van der Waals surface area (Å²) in [7, 11) is 0. The first-order valence-electron chi connectivity index (χ1n) is 8.45. The van der Waals surface area contributed by atoms with Crippen molar-refractivity contribution in [3.63, 3.8) is 0 Å². The van der Waals surface area contributed by atoms with Crippen molar-refractivity contribution in [1.29, 1.82) is 0 Å². The molecular weight excluding hydrogens is 290 g/mol. The lowest BCUT2D eigenvalue weighted by atomic mass is 9.95. The number of rotatable bonds is 5. The van der Waals surface area contributed by atoms with E-state index in [2.05, 4.69) is 28.9 Å². The highest BCUT2D eigenvalue weighted by Gasteiger charge is 2.22. The molecule has 0 saturated heterocycles. The number of carbonyl (C=O) groups is 1. The number of hydrogen-bond acceptors (Lipinski definition) is 4. The Labute approximate surface area is 137 Å². The van der Waals surface area contributed by atoms with Crippen LogP contribution in [0.2, 0.25) is 0 Å². The predicted molar refractivity (Wildman–Crippen MR) is 90.1 cm³/mol. The molecule has 124 valence electrons. The molecule has 2 aromatic rings. The SMILES string of the molecule is Cc1cc(NCC(=O)c2cc(C)n(C3CCCCC3)c2C)no1. The molecule has 5 heteroatoms. The number of ketones is 1. The van der Waals surface area contributed by atoms with Gasteiger partial charge in [-0.05, 0) is 39.7 Å². The molecule has 0 atom stereocenters. The van der Waals surface area contributed by atoms with Gasteiger partial charge in [-0.25, -0.2) is 0 Å². The zero-order valence-electron chi connectivity index (χ0n) is 14.2. The number of carbonyl (C=O) groups excluding carboxylic acids is 1. The number of hydrogen-bond donors (Lipinski definition) is 1. The first-order chi connectivity index (χ1) is 11.1. The van der Waals surface area contributed by atoms with Crippen LogP contribution in [0.1, 0.15) is 65.7 Å². The van der Waals surface area contributed by atoms with Crippen molar-refractivity contribution in [2.45, 2.75) is 58.9 Å². The Morgan fingerprint density at radius 3 is 2.65 bits per heavy atom. The summed E-state index contributed by atoms with van der Waals surface area (Å²) in [6.45, 7) is 6.24. The van der Waals surface area contributed by atoms with Gasteiger partial charge < -0.3 is 14.4 Å². The molecule has 0 spiro atoms. The molecule has 1 N–H and O–H groups in total. The fraction of sp³-hybridized carbons (Fsp3) is 0.556. The Hall–Kier alpha value is -2.04. The Morgan fingerprint density at radius 2 is 2.00 bits per heavy atom. The second kappa shape index (κ2) is 6.60. The van der Waals surface area contributed by atoms with Gasteiger partial charge in [0.1, 0.15) is 5.76 Å². The van der Waals surface area contributed by atoms with Gasteiger partial charge in [0.15, 0.2) is 11.6 Å². The number of aromatic nitrogens is 2. The molecule has 2 aromatic heterocycles. The molecule has 2 heterocycles. The number of nitrogens with one attached hydrogen (secondary N) is 1. The van der Waals surface area contributed by atoms with E-state index in [-0.39, 0.29) is 12.3 Å². The molecule has 5 nitrogen and oxygen atoms in total. The van der Waals surface area contributed by atoms with Crippen LogP contribution >= 0.6 is 0 Å². The highest BCUT2D eigenvalue weighted by molar-refractivity contribution is 6.00. The predicted octanol–water partition coefficient (Wildman–Crippen LogP) is 4.20. The van der Waals surface area contributed by atoms with Crippen LogP contribution in [0.4, 0.5) is 5.82 Å². The average molecular weight is 315 g/mol. The van der Waals surface area contributed by atoms with E-state index in [1.807, 2.05) is 13.0 Å². The number of nitrogens with zero attached hydrogens (tertiary/aromatic N) is 2. The van der Waals surface area contributed by atoms with Crippen molar-refractivity contribution in [3.05, 3.63) is 34.8 Å². The van der Waals surface area contributed by atoms with E-state index < -0.39 is 0 Å². The second-order valence-electron chi connectivity index (χ2n) is 6.55. The lowest BCUT2D eigenvalue weighted by Crippen LogP contribution is -2.17. The van der Waals surface area contributed by atoms with Crippen molar-refractivity contribution in [3.8, 4) is 0 Å². The summed E-state index contributed by atoms with van der Waals surface area (Å²) >= 11 is 0. The second-order valence-corrected chi connectivity index (χ2v) is 6.55. The van der Waals surface area contributed by atoms with Crippen LogP contribution in [-0.2, 0) is 0 Å². The van der Waals surface area contributed by atoms with Gasteiger partial charge in [0.25, 0.3) is 0 Å². The Morgan fingerprint density at radius 1 is 1.26 bits per heavy atom. The van der Waals surface area contributed by atoms with Crippen LogP contribution in [0, 0.1) is 20.8 Å². The van der Waals surface area contributed by atoms with Gasteiger partial charge in [0.05, 0.1) is 6.54 Å². The normalized spacial score (nSPS) is 15.8. The fourth-order valence-corrected chi connectivity index (χ4v) is 3.68. The number of anilines is 1. The molecule has 1 fully saturated rings. The summed E-state index contributed by atoms with van der Waals surface area (Å²) in [5, 5.41) is 6.89. The minimum absolute atomic E-state index is 0.0980. The maximum Gasteiger partial charge on any atom is 0.183 e. The average Bonchev–Trinajstić information content (AvgIpc) is 3.09. The topological polar surface area (TPSA) is 60.1 Å². The summed E-state index contributed by atoms with van der Waals surface area (Å²) in [5.41, 5.74) is 3.10. The van der Waals surface area contributed by atoms with Crippen LogP contribution in [0.5, 0.6) is 0 Å².